The molecule has 0 aliphatic heterocycles. The third kappa shape index (κ3) is 2.13. The van der Waals surface area contributed by atoms with Gasteiger partial charge < -0.3 is 0 Å². The molecular formula is C16H30Si. The van der Waals surface area contributed by atoms with E-state index in [0.29, 0.717) is 0 Å². The molecule has 0 atom stereocenters. The first-order chi connectivity index (χ1) is 8.32. The summed E-state index contributed by atoms with van der Waals surface area (Å²) in [6.07, 6.45) is 18.9. The lowest BCUT2D eigenvalue weighted by Gasteiger charge is -2.46. The van der Waals surface area contributed by atoms with Gasteiger partial charge in [-0.05, 0) is 22.8 Å². The van der Waals surface area contributed by atoms with Crippen LogP contribution in [0.4, 0.5) is 0 Å². The molecule has 17 heavy (non-hydrogen) atoms. The standard InChI is InChI=1S/C16H30Si/c17-16(13-7-1-2-8-13,14-9-3-4-10-14)15-11-5-6-12-15/h13-15H,1-12H2,17H3. The van der Waals surface area contributed by atoms with Crippen molar-refractivity contribution in [3.63, 3.8) is 0 Å². The van der Waals surface area contributed by atoms with Gasteiger partial charge in [0.15, 0.2) is 0 Å². The van der Waals surface area contributed by atoms with Gasteiger partial charge in [-0.1, -0.05) is 77.0 Å². The second-order valence-corrected chi connectivity index (χ2v) is 9.04. The lowest BCUT2D eigenvalue weighted by Crippen LogP contribution is -2.35. The van der Waals surface area contributed by atoms with Crippen LogP contribution in [-0.2, 0) is 0 Å². The van der Waals surface area contributed by atoms with Crippen molar-refractivity contribution in [1.82, 2.24) is 0 Å². The summed E-state index contributed by atoms with van der Waals surface area (Å²) in [6, 6.07) is 0. The van der Waals surface area contributed by atoms with Gasteiger partial charge in [0.05, 0.1) is 0 Å². The normalized spacial score (nSPS) is 29.6. The zero-order chi connectivity index (χ0) is 11.7. The molecule has 1 heteroatoms. The molecule has 3 saturated carbocycles. The van der Waals surface area contributed by atoms with Crippen molar-refractivity contribution >= 4 is 10.2 Å². The van der Waals surface area contributed by atoms with E-state index in [0.717, 1.165) is 22.8 Å². The van der Waals surface area contributed by atoms with Gasteiger partial charge in [-0.3, -0.25) is 0 Å². The van der Waals surface area contributed by atoms with Gasteiger partial charge in [0.1, 0.15) is 0 Å². The van der Waals surface area contributed by atoms with E-state index in [2.05, 4.69) is 0 Å². The van der Waals surface area contributed by atoms with E-state index in [4.69, 9.17) is 0 Å². The Morgan fingerprint density at radius 3 is 1.00 bits per heavy atom. The van der Waals surface area contributed by atoms with Gasteiger partial charge in [-0.15, -0.1) is 0 Å². The van der Waals surface area contributed by atoms with Crippen LogP contribution in [0, 0.1) is 17.8 Å². The Kier molecular flexibility index (Phi) is 3.66. The SMILES string of the molecule is [SiH3]C(C1CCCC1)(C1CCCC1)C1CCCC1. The van der Waals surface area contributed by atoms with E-state index >= 15 is 0 Å². The Balaban J connectivity index is 1.81. The van der Waals surface area contributed by atoms with Gasteiger partial charge in [0.25, 0.3) is 0 Å². The molecule has 98 valence electrons. The fourth-order valence-corrected chi connectivity index (χ4v) is 7.38. The van der Waals surface area contributed by atoms with Gasteiger partial charge in [-0.2, -0.15) is 0 Å². The van der Waals surface area contributed by atoms with Crippen molar-refractivity contribution in [2.45, 2.75) is 82.1 Å². The average Bonchev–Trinajstić information content (AvgIpc) is 3.10. The second-order valence-electron chi connectivity index (χ2n) is 7.31. The maximum absolute atomic E-state index is 1.59. The van der Waals surface area contributed by atoms with Crippen molar-refractivity contribution in [1.29, 1.82) is 0 Å². The third-order valence-electron chi connectivity index (χ3n) is 6.70. The van der Waals surface area contributed by atoms with Crippen molar-refractivity contribution in [3.8, 4) is 0 Å². The summed E-state index contributed by atoms with van der Waals surface area (Å²) in [6.45, 7) is 0. The summed E-state index contributed by atoms with van der Waals surface area (Å²) in [5.41, 5.74) is 0. The van der Waals surface area contributed by atoms with E-state index in [1.807, 2.05) is 0 Å². The molecule has 0 aromatic carbocycles. The molecule has 0 bridgehead atoms. The third-order valence-corrected chi connectivity index (χ3v) is 9.15. The lowest BCUT2D eigenvalue weighted by molar-refractivity contribution is 0.171. The van der Waals surface area contributed by atoms with E-state index in [1.54, 1.807) is 77.0 Å². The molecule has 0 N–H and O–H groups in total. The van der Waals surface area contributed by atoms with Crippen molar-refractivity contribution in [2.24, 2.45) is 17.8 Å². The molecule has 3 aliphatic carbocycles. The maximum Gasteiger partial charge on any atom is 0.0117 e. The number of hydrogen-bond acceptors (Lipinski definition) is 0. The van der Waals surface area contributed by atoms with Crippen LogP contribution < -0.4 is 0 Å². The van der Waals surface area contributed by atoms with Crippen LogP contribution in [-0.4, -0.2) is 10.2 Å². The molecule has 0 radical (unpaired) electrons. The highest BCUT2D eigenvalue weighted by Gasteiger charge is 2.48. The summed E-state index contributed by atoms with van der Waals surface area (Å²) >= 11 is 0. The van der Waals surface area contributed by atoms with Gasteiger partial charge in [0, 0.05) is 10.2 Å². The quantitative estimate of drug-likeness (QED) is 0.662. The summed E-state index contributed by atoms with van der Waals surface area (Å²) in [5, 5.41) is 0.878. The molecule has 0 saturated heterocycles. The van der Waals surface area contributed by atoms with Crippen LogP contribution in [0.2, 0.25) is 5.04 Å². The van der Waals surface area contributed by atoms with Crippen LogP contribution in [0.1, 0.15) is 77.0 Å². The molecule has 3 rings (SSSR count). The van der Waals surface area contributed by atoms with Crippen molar-refractivity contribution in [2.75, 3.05) is 0 Å². The predicted octanol–water partition coefficient (Wildman–Crippen LogP) is 4.08. The average molecular weight is 251 g/mol. The first kappa shape index (κ1) is 12.3. The van der Waals surface area contributed by atoms with Crippen LogP contribution in [0.3, 0.4) is 0 Å². The Bertz CT molecular complexity index is 201. The zero-order valence-electron chi connectivity index (χ0n) is 11.7. The maximum atomic E-state index is 1.59. The highest BCUT2D eigenvalue weighted by atomic mass is 28.1. The molecule has 0 aromatic rings. The highest BCUT2D eigenvalue weighted by molar-refractivity contribution is 6.16. The molecule has 3 aliphatic rings. The van der Waals surface area contributed by atoms with E-state index in [-0.39, 0.29) is 0 Å². The fourth-order valence-electron chi connectivity index (χ4n) is 5.64. The fraction of sp³-hybridized carbons (Fsp3) is 1.00. The number of rotatable bonds is 3. The van der Waals surface area contributed by atoms with Crippen LogP contribution >= 0.6 is 0 Å². The lowest BCUT2D eigenvalue weighted by atomic mass is 9.69. The minimum absolute atomic E-state index is 0.878. The summed E-state index contributed by atoms with van der Waals surface area (Å²) < 4.78 is 0. The molecule has 0 unspecified atom stereocenters. The largest absolute Gasteiger partial charge is 0.0530 e. The molecule has 0 heterocycles. The first-order valence-electron chi connectivity index (χ1n) is 8.32. The Hall–Kier alpha value is 0.217. The molecule has 0 nitrogen and oxygen atoms in total. The van der Waals surface area contributed by atoms with Crippen LogP contribution in [0.15, 0.2) is 0 Å². The topological polar surface area (TPSA) is 0 Å². The second kappa shape index (κ2) is 5.07. The Labute approximate surface area is 110 Å². The Morgan fingerprint density at radius 1 is 0.529 bits per heavy atom. The smallest absolute Gasteiger partial charge is 0.0117 e. The molecule has 0 amide bonds. The molecule has 0 aromatic heterocycles. The summed E-state index contributed by atoms with van der Waals surface area (Å²) in [7, 11) is 1.50. The van der Waals surface area contributed by atoms with Gasteiger partial charge >= 0.3 is 0 Å². The minimum Gasteiger partial charge on any atom is -0.0530 e. The van der Waals surface area contributed by atoms with Crippen molar-refractivity contribution < 1.29 is 0 Å². The Morgan fingerprint density at radius 2 is 0.765 bits per heavy atom. The van der Waals surface area contributed by atoms with E-state index < -0.39 is 0 Å². The van der Waals surface area contributed by atoms with E-state index in [9.17, 15) is 0 Å². The van der Waals surface area contributed by atoms with E-state index in [1.165, 1.54) is 10.2 Å². The number of hydrogen-bond donors (Lipinski definition) is 0. The monoisotopic (exact) mass is 250 g/mol. The summed E-state index contributed by atoms with van der Waals surface area (Å²) in [4.78, 5) is 0. The molecule has 3 fully saturated rings. The highest BCUT2D eigenvalue weighted by Crippen LogP contribution is 2.61. The zero-order valence-corrected chi connectivity index (χ0v) is 13.7. The van der Waals surface area contributed by atoms with Gasteiger partial charge in [-0.25, -0.2) is 0 Å². The molecule has 0 spiro atoms. The molecular weight excluding hydrogens is 220 g/mol. The van der Waals surface area contributed by atoms with Crippen molar-refractivity contribution in [3.05, 3.63) is 0 Å². The first-order valence-corrected chi connectivity index (χ1v) is 9.32. The van der Waals surface area contributed by atoms with Crippen LogP contribution in [0.25, 0.3) is 0 Å². The summed E-state index contributed by atoms with van der Waals surface area (Å²) in [5.74, 6) is 3.46. The minimum atomic E-state index is 0.878. The van der Waals surface area contributed by atoms with Crippen LogP contribution in [0.5, 0.6) is 0 Å². The predicted molar refractivity (Wildman–Crippen MR) is 78.5 cm³/mol. The van der Waals surface area contributed by atoms with Gasteiger partial charge in [0.2, 0.25) is 0 Å².